The van der Waals surface area contributed by atoms with Crippen LogP contribution in [0.4, 0.5) is 18.0 Å². The molecular formula is C40H52F3N5O9S. The minimum Gasteiger partial charge on any atom is -0.494 e. The van der Waals surface area contributed by atoms with Gasteiger partial charge in [-0.2, -0.15) is 13.2 Å². The number of halogens is 3. The Bertz CT molecular complexity index is 2070. The maximum atomic E-state index is 14.7. The number of ether oxygens (including phenoxy) is 3. The van der Waals surface area contributed by atoms with E-state index in [1.807, 2.05) is 26.0 Å². The van der Waals surface area contributed by atoms with Crippen molar-refractivity contribution in [3.05, 3.63) is 42.6 Å². The van der Waals surface area contributed by atoms with Gasteiger partial charge in [0.05, 0.1) is 17.9 Å². The Morgan fingerprint density at radius 2 is 1.83 bits per heavy atom. The number of carbonyl (C=O) groups excluding carboxylic acids is 4. The molecule has 0 spiro atoms. The highest BCUT2D eigenvalue weighted by Gasteiger charge is 2.63. The molecule has 318 valence electrons. The predicted octanol–water partition coefficient (Wildman–Crippen LogP) is 5.30. The van der Waals surface area contributed by atoms with Gasteiger partial charge in [-0.25, -0.2) is 18.2 Å². The molecule has 1 aromatic carbocycles. The fourth-order valence-corrected chi connectivity index (χ4v) is 8.99. The van der Waals surface area contributed by atoms with Crippen LogP contribution in [0.2, 0.25) is 0 Å². The number of amides is 4. The highest BCUT2D eigenvalue weighted by molar-refractivity contribution is 7.91. The fourth-order valence-electron chi connectivity index (χ4n) is 7.68. The standard InChI is InChI=1S/C40H52F3N5O9S/c1-7-55-27-12-13-29-25(19-27)14-17-44-33(29)56-28-20-30-32(49)46-39(35(51)47-58(53,54)38(6)15-16-38)21-26(39)11-9-8-10-23(2)18-24(3)31(34(50)48(30)22-28)45-36(52)57-37(4,5)40(41,42)43/h9,11-14,17,19,23-24,26,28,30-31H,7-8,10,15-16,18,20-22H2,1-6H3,(H,45,52)(H,46,49)(H,47,51)/b11-9-/t23-,24-,26-,28-,30+,31+,39-/m1/s1. The second-order valence-electron chi connectivity index (χ2n) is 16.9. The van der Waals surface area contributed by atoms with Crippen LogP contribution in [-0.4, -0.2) is 95.5 Å². The molecule has 1 saturated heterocycles. The minimum absolute atomic E-state index is 0.0351. The van der Waals surface area contributed by atoms with E-state index in [-0.39, 0.29) is 31.2 Å². The SMILES string of the molecule is CCOc1ccc2c(O[C@@H]3C[C@H]4C(=O)N[C@]5(C(=O)NS(=O)(=O)C6(C)CC6)C[C@H]5/C=C\CC[C@@H](C)C[C@@H](C)[C@H](NC(=O)OC(C)(C)C(F)(F)F)C(=O)N4C3)nccc2c1. The number of aromatic nitrogens is 1. The first-order valence-corrected chi connectivity index (χ1v) is 21.2. The van der Waals surface area contributed by atoms with Crippen LogP contribution < -0.4 is 24.8 Å². The van der Waals surface area contributed by atoms with Crippen molar-refractivity contribution in [1.29, 1.82) is 0 Å². The van der Waals surface area contributed by atoms with Crippen molar-refractivity contribution in [2.75, 3.05) is 13.2 Å². The van der Waals surface area contributed by atoms with Crippen LogP contribution in [0.5, 0.6) is 11.6 Å². The Hall–Kier alpha value is -4.61. The molecule has 3 N–H and O–H groups in total. The van der Waals surface area contributed by atoms with Gasteiger partial charge in [0.2, 0.25) is 33.3 Å². The Morgan fingerprint density at radius 1 is 1.10 bits per heavy atom. The number of nitrogens with one attached hydrogen (secondary N) is 3. The molecule has 4 amide bonds. The predicted molar refractivity (Wildman–Crippen MR) is 206 cm³/mol. The molecule has 3 heterocycles. The summed E-state index contributed by atoms with van der Waals surface area (Å²) in [5.41, 5.74) is -4.52. The molecule has 0 radical (unpaired) electrons. The summed E-state index contributed by atoms with van der Waals surface area (Å²) in [6.07, 6.45) is 0.238. The van der Waals surface area contributed by atoms with E-state index in [1.165, 1.54) is 18.0 Å². The van der Waals surface area contributed by atoms with Crippen LogP contribution in [0.25, 0.3) is 10.8 Å². The molecule has 2 aliphatic heterocycles. The average molecular weight is 836 g/mol. The number of pyridine rings is 1. The lowest BCUT2D eigenvalue weighted by atomic mass is 9.88. The van der Waals surface area contributed by atoms with Gasteiger partial charge in [0.25, 0.3) is 5.91 Å². The lowest BCUT2D eigenvalue weighted by Crippen LogP contribution is -2.59. The first-order chi connectivity index (χ1) is 27.1. The first kappa shape index (κ1) is 43.0. The van der Waals surface area contributed by atoms with Gasteiger partial charge < -0.3 is 29.7 Å². The van der Waals surface area contributed by atoms with Gasteiger partial charge in [0.1, 0.15) is 29.5 Å². The Morgan fingerprint density at radius 3 is 2.50 bits per heavy atom. The summed E-state index contributed by atoms with van der Waals surface area (Å²) in [5, 5.41) is 6.56. The zero-order chi connectivity index (χ0) is 42.4. The molecule has 4 aliphatic rings. The lowest BCUT2D eigenvalue weighted by molar-refractivity contribution is -0.244. The number of hydrogen-bond donors (Lipinski definition) is 3. The highest BCUT2D eigenvalue weighted by atomic mass is 32.2. The zero-order valence-corrected chi connectivity index (χ0v) is 34.3. The summed E-state index contributed by atoms with van der Waals surface area (Å²) in [4.78, 5) is 61.9. The van der Waals surface area contributed by atoms with E-state index in [9.17, 15) is 40.8 Å². The second kappa shape index (κ2) is 15.9. The van der Waals surface area contributed by atoms with Crippen LogP contribution in [0, 0.1) is 17.8 Å². The Labute approximate surface area is 336 Å². The number of allylic oxidation sites excluding steroid dienone is 1. The van der Waals surface area contributed by atoms with Crippen LogP contribution in [0.1, 0.15) is 86.5 Å². The molecule has 18 heteroatoms. The molecule has 2 aliphatic carbocycles. The van der Waals surface area contributed by atoms with Crippen molar-refractivity contribution in [1.82, 2.24) is 25.2 Å². The number of fused-ring (bicyclic) bond motifs is 3. The van der Waals surface area contributed by atoms with Crippen molar-refractivity contribution in [2.45, 2.75) is 127 Å². The normalized spacial score (nSPS) is 29.4. The average Bonchev–Trinajstić information content (AvgIpc) is 4.01. The van der Waals surface area contributed by atoms with Gasteiger partial charge in [-0.3, -0.25) is 19.1 Å². The number of alkyl halides is 3. The zero-order valence-electron chi connectivity index (χ0n) is 33.5. The smallest absolute Gasteiger partial charge is 0.427 e. The molecule has 7 atom stereocenters. The lowest BCUT2D eigenvalue weighted by Gasteiger charge is -2.34. The monoisotopic (exact) mass is 835 g/mol. The Balaban J connectivity index is 1.35. The van der Waals surface area contributed by atoms with Gasteiger partial charge in [-0.05, 0) is 108 Å². The second-order valence-corrected chi connectivity index (χ2v) is 19.1. The summed E-state index contributed by atoms with van der Waals surface area (Å²) in [6.45, 7) is 8.66. The molecule has 0 unspecified atom stereocenters. The van der Waals surface area contributed by atoms with E-state index in [0.717, 1.165) is 5.39 Å². The van der Waals surface area contributed by atoms with Crippen molar-refractivity contribution < 1.29 is 55.0 Å². The fraction of sp³-hybridized carbons (Fsp3) is 0.625. The maximum absolute atomic E-state index is 14.7. The van der Waals surface area contributed by atoms with Gasteiger partial charge in [0.15, 0.2) is 0 Å². The number of nitrogens with zero attached hydrogens (tertiary/aromatic N) is 2. The number of hydrogen-bond acceptors (Lipinski definition) is 10. The van der Waals surface area contributed by atoms with Crippen LogP contribution in [-0.2, 0) is 29.1 Å². The van der Waals surface area contributed by atoms with Crippen LogP contribution in [0.15, 0.2) is 42.6 Å². The third-order valence-corrected chi connectivity index (χ3v) is 14.0. The van der Waals surface area contributed by atoms with E-state index in [0.29, 0.717) is 63.7 Å². The van der Waals surface area contributed by atoms with E-state index in [1.54, 1.807) is 31.2 Å². The summed E-state index contributed by atoms with van der Waals surface area (Å²) in [5.74, 6) is -2.82. The van der Waals surface area contributed by atoms with Crippen molar-refractivity contribution in [3.63, 3.8) is 0 Å². The summed E-state index contributed by atoms with van der Waals surface area (Å²) in [7, 11) is -4.08. The van der Waals surface area contributed by atoms with E-state index in [2.05, 4.69) is 20.3 Å². The molecule has 14 nitrogen and oxygen atoms in total. The molecule has 2 saturated carbocycles. The third-order valence-electron chi connectivity index (χ3n) is 11.8. The van der Waals surface area contributed by atoms with Crippen molar-refractivity contribution >= 4 is 44.6 Å². The molecule has 58 heavy (non-hydrogen) atoms. The molecule has 0 bridgehead atoms. The van der Waals surface area contributed by atoms with Gasteiger partial charge in [-0.15, -0.1) is 0 Å². The largest absolute Gasteiger partial charge is 0.494 e. The summed E-state index contributed by atoms with van der Waals surface area (Å²) in [6, 6.07) is 4.36. The van der Waals surface area contributed by atoms with Crippen molar-refractivity contribution in [2.24, 2.45) is 17.8 Å². The number of rotatable bonds is 9. The summed E-state index contributed by atoms with van der Waals surface area (Å²) >= 11 is 0. The summed E-state index contributed by atoms with van der Waals surface area (Å²) < 4.78 is 85.5. The third kappa shape index (κ3) is 8.86. The van der Waals surface area contributed by atoms with Gasteiger partial charge in [-0.1, -0.05) is 26.0 Å². The number of carbonyl (C=O) groups is 4. The van der Waals surface area contributed by atoms with E-state index < -0.39 is 85.9 Å². The first-order valence-electron chi connectivity index (χ1n) is 19.7. The van der Waals surface area contributed by atoms with Crippen LogP contribution in [0.3, 0.4) is 0 Å². The maximum Gasteiger partial charge on any atom is 0.427 e. The van der Waals surface area contributed by atoms with Gasteiger partial charge >= 0.3 is 12.3 Å². The van der Waals surface area contributed by atoms with Gasteiger partial charge in [0, 0.05) is 23.9 Å². The Kier molecular flexibility index (Phi) is 11.8. The van der Waals surface area contributed by atoms with E-state index in [4.69, 9.17) is 14.2 Å². The highest BCUT2D eigenvalue weighted by Crippen LogP contribution is 2.48. The number of sulfonamides is 1. The molecule has 3 fully saturated rings. The van der Waals surface area contributed by atoms with Crippen LogP contribution >= 0.6 is 0 Å². The molecular weight excluding hydrogens is 784 g/mol. The molecule has 2 aromatic rings. The molecule has 6 rings (SSSR count). The quantitative estimate of drug-likeness (QED) is 0.281. The van der Waals surface area contributed by atoms with Crippen molar-refractivity contribution in [3.8, 4) is 11.6 Å². The molecule has 1 aromatic heterocycles. The minimum atomic E-state index is -4.91. The number of benzene rings is 1. The topological polar surface area (TPSA) is 182 Å². The van der Waals surface area contributed by atoms with E-state index >= 15 is 0 Å². The number of alkyl carbamates (subject to hydrolysis) is 1.